The fourth-order valence-corrected chi connectivity index (χ4v) is 5.86. The van der Waals surface area contributed by atoms with Gasteiger partial charge in [0.1, 0.15) is 10.7 Å². The Kier molecular flexibility index (Phi) is 4.36. The van der Waals surface area contributed by atoms with Crippen molar-refractivity contribution < 1.29 is 9.59 Å². The van der Waals surface area contributed by atoms with Crippen molar-refractivity contribution in [2.24, 2.45) is 5.73 Å². The van der Waals surface area contributed by atoms with Gasteiger partial charge < -0.3 is 15.6 Å². The first-order chi connectivity index (χ1) is 12.5. The highest BCUT2D eigenvalue weighted by Crippen LogP contribution is 2.38. The molecule has 0 radical (unpaired) electrons. The number of nitrogens with one attached hydrogen (secondary N) is 1. The first-order valence-electron chi connectivity index (χ1n) is 8.81. The number of rotatable bonds is 4. The summed E-state index contributed by atoms with van der Waals surface area (Å²) in [5, 5.41) is 5.60. The maximum Gasteiger partial charge on any atom is 0.272 e. The van der Waals surface area contributed by atoms with Crippen molar-refractivity contribution in [3.63, 3.8) is 0 Å². The molecule has 0 aliphatic heterocycles. The number of anilines is 1. The third kappa shape index (κ3) is 2.75. The Balaban J connectivity index is 1.73. The molecule has 0 spiro atoms. The van der Waals surface area contributed by atoms with E-state index < -0.39 is 5.91 Å². The van der Waals surface area contributed by atoms with Crippen LogP contribution in [0.2, 0.25) is 0 Å². The maximum absolute atomic E-state index is 13.0. The molecule has 0 saturated carbocycles. The lowest BCUT2D eigenvalue weighted by atomic mass is 9.95. The van der Waals surface area contributed by atoms with Crippen LogP contribution < -0.4 is 11.1 Å². The standard InChI is InChI=1S/C19H21N3O2S2/c1-10(2)22-12-7-8-25-15(12)9-13(22)18(24)21-19-16(17(20)23)11-5-3-4-6-14(11)26-19/h7-10H,3-6H2,1-2H3,(H2,20,23)(H,21,24). The minimum atomic E-state index is -0.458. The lowest BCUT2D eigenvalue weighted by molar-refractivity contribution is 0.100. The van der Waals surface area contributed by atoms with Crippen LogP contribution in [0.4, 0.5) is 5.00 Å². The summed E-state index contributed by atoms with van der Waals surface area (Å²) in [7, 11) is 0. The van der Waals surface area contributed by atoms with Crippen molar-refractivity contribution >= 4 is 49.7 Å². The van der Waals surface area contributed by atoms with E-state index in [0.29, 0.717) is 16.3 Å². The van der Waals surface area contributed by atoms with E-state index in [0.717, 1.165) is 41.5 Å². The van der Waals surface area contributed by atoms with Crippen molar-refractivity contribution in [1.82, 2.24) is 4.57 Å². The zero-order valence-corrected chi connectivity index (χ0v) is 16.4. The number of hydrogen-bond acceptors (Lipinski definition) is 4. The maximum atomic E-state index is 13.0. The van der Waals surface area contributed by atoms with Gasteiger partial charge in [-0.3, -0.25) is 9.59 Å². The Labute approximate surface area is 159 Å². The molecule has 0 aromatic carbocycles. The molecule has 3 heterocycles. The number of amides is 2. The third-order valence-electron chi connectivity index (χ3n) is 4.85. The summed E-state index contributed by atoms with van der Waals surface area (Å²) >= 11 is 3.12. The van der Waals surface area contributed by atoms with Crippen LogP contribution in [0.15, 0.2) is 17.5 Å². The van der Waals surface area contributed by atoms with Crippen molar-refractivity contribution in [3.05, 3.63) is 39.2 Å². The summed E-state index contributed by atoms with van der Waals surface area (Å²) in [6.45, 7) is 4.12. The number of aromatic nitrogens is 1. The quantitative estimate of drug-likeness (QED) is 0.688. The first-order valence-corrected chi connectivity index (χ1v) is 10.5. The van der Waals surface area contributed by atoms with Crippen molar-refractivity contribution in [2.45, 2.75) is 45.6 Å². The molecule has 3 N–H and O–H groups in total. The molecule has 1 aliphatic rings. The predicted molar refractivity (Wildman–Crippen MR) is 108 cm³/mol. The Morgan fingerprint density at radius 2 is 2.04 bits per heavy atom. The lowest BCUT2D eigenvalue weighted by Gasteiger charge is -2.14. The van der Waals surface area contributed by atoms with E-state index in [4.69, 9.17) is 5.73 Å². The van der Waals surface area contributed by atoms with Gasteiger partial charge in [0, 0.05) is 10.9 Å². The van der Waals surface area contributed by atoms with E-state index in [2.05, 4.69) is 19.2 Å². The van der Waals surface area contributed by atoms with Gasteiger partial charge in [-0.05, 0) is 62.6 Å². The number of thiophene rings is 2. The van der Waals surface area contributed by atoms with Crippen molar-refractivity contribution in [3.8, 4) is 0 Å². The number of fused-ring (bicyclic) bond motifs is 2. The van der Waals surface area contributed by atoms with Gasteiger partial charge in [-0.1, -0.05) is 0 Å². The van der Waals surface area contributed by atoms with E-state index in [9.17, 15) is 9.59 Å². The average Bonchev–Trinajstić information content (AvgIpc) is 3.25. The van der Waals surface area contributed by atoms with Gasteiger partial charge in [0.15, 0.2) is 0 Å². The fourth-order valence-electron chi connectivity index (χ4n) is 3.76. The monoisotopic (exact) mass is 387 g/mol. The zero-order chi connectivity index (χ0) is 18.4. The van der Waals surface area contributed by atoms with Crippen LogP contribution in [0.3, 0.4) is 0 Å². The molecule has 4 rings (SSSR count). The van der Waals surface area contributed by atoms with Crippen molar-refractivity contribution in [1.29, 1.82) is 0 Å². The summed E-state index contributed by atoms with van der Waals surface area (Å²) in [4.78, 5) is 26.2. The normalized spacial score (nSPS) is 14.0. The number of nitrogens with two attached hydrogens (primary N) is 1. The molecule has 1 aliphatic carbocycles. The molecular formula is C19H21N3O2S2. The van der Waals surface area contributed by atoms with E-state index in [1.54, 1.807) is 11.3 Å². The molecule has 0 saturated heterocycles. The Bertz CT molecular complexity index is 1010. The summed E-state index contributed by atoms with van der Waals surface area (Å²) in [6, 6.07) is 4.12. The van der Waals surface area contributed by atoms with Crippen LogP contribution in [0.25, 0.3) is 10.2 Å². The molecule has 0 unspecified atom stereocenters. The van der Waals surface area contributed by atoms with Crippen LogP contribution in [0.5, 0.6) is 0 Å². The predicted octanol–water partition coefficient (Wildman–Crippen LogP) is 4.58. The smallest absolute Gasteiger partial charge is 0.272 e. The van der Waals surface area contributed by atoms with Gasteiger partial charge in [-0.25, -0.2) is 0 Å². The van der Waals surface area contributed by atoms with Crippen LogP contribution >= 0.6 is 22.7 Å². The van der Waals surface area contributed by atoms with Gasteiger partial charge in [-0.2, -0.15) is 0 Å². The number of hydrogen-bond donors (Lipinski definition) is 2. The van der Waals surface area contributed by atoms with Crippen LogP contribution in [-0.4, -0.2) is 16.4 Å². The number of carbonyl (C=O) groups is 2. The second kappa shape index (κ2) is 6.55. The Morgan fingerprint density at radius 1 is 1.27 bits per heavy atom. The topological polar surface area (TPSA) is 77.1 Å². The van der Waals surface area contributed by atoms with Gasteiger partial charge in [0.2, 0.25) is 0 Å². The number of carbonyl (C=O) groups excluding carboxylic acids is 2. The SMILES string of the molecule is CC(C)n1c(C(=O)Nc2sc3c(c2C(N)=O)CCCC3)cc2sccc21. The molecule has 0 atom stereocenters. The van der Waals surface area contributed by atoms with Crippen LogP contribution in [0.1, 0.15) is 64.0 Å². The minimum absolute atomic E-state index is 0.162. The minimum Gasteiger partial charge on any atom is -0.365 e. The Morgan fingerprint density at radius 3 is 2.77 bits per heavy atom. The van der Waals surface area contributed by atoms with Crippen LogP contribution in [0, 0.1) is 0 Å². The molecule has 5 nitrogen and oxygen atoms in total. The number of aryl methyl sites for hydroxylation is 1. The second-order valence-corrected chi connectivity index (χ2v) is 8.95. The summed E-state index contributed by atoms with van der Waals surface area (Å²) in [6.07, 6.45) is 3.99. The molecule has 136 valence electrons. The highest BCUT2D eigenvalue weighted by molar-refractivity contribution is 7.17. The van der Waals surface area contributed by atoms with Crippen LogP contribution in [-0.2, 0) is 12.8 Å². The molecule has 3 aromatic rings. The molecule has 0 bridgehead atoms. The van der Waals surface area contributed by atoms with E-state index in [1.807, 2.05) is 22.1 Å². The molecule has 26 heavy (non-hydrogen) atoms. The van der Waals surface area contributed by atoms with Gasteiger partial charge in [0.25, 0.3) is 11.8 Å². The Hall–Kier alpha value is -2.12. The van der Waals surface area contributed by atoms with Gasteiger partial charge in [0.05, 0.1) is 15.8 Å². The summed E-state index contributed by atoms with van der Waals surface area (Å²) < 4.78 is 3.13. The highest BCUT2D eigenvalue weighted by atomic mass is 32.1. The third-order valence-corrected chi connectivity index (χ3v) is 6.91. The fraction of sp³-hybridized carbons (Fsp3) is 0.368. The lowest BCUT2D eigenvalue weighted by Crippen LogP contribution is -2.21. The summed E-state index contributed by atoms with van der Waals surface area (Å²) in [5.41, 5.74) is 8.85. The van der Waals surface area contributed by atoms with E-state index in [-0.39, 0.29) is 11.9 Å². The average molecular weight is 388 g/mol. The van der Waals surface area contributed by atoms with Gasteiger partial charge >= 0.3 is 0 Å². The molecule has 0 fully saturated rings. The molecule has 2 amide bonds. The first kappa shape index (κ1) is 17.3. The zero-order valence-electron chi connectivity index (χ0n) is 14.8. The van der Waals surface area contributed by atoms with Gasteiger partial charge in [-0.15, -0.1) is 22.7 Å². The molecule has 7 heteroatoms. The molecule has 3 aromatic heterocycles. The molecular weight excluding hydrogens is 366 g/mol. The summed E-state index contributed by atoms with van der Waals surface area (Å²) in [5.74, 6) is -0.650. The number of primary amides is 1. The van der Waals surface area contributed by atoms with Crippen molar-refractivity contribution in [2.75, 3.05) is 5.32 Å². The van der Waals surface area contributed by atoms with E-state index in [1.165, 1.54) is 16.2 Å². The second-order valence-electron chi connectivity index (χ2n) is 6.90. The highest BCUT2D eigenvalue weighted by Gasteiger charge is 2.26. The van der Waals surface area contributed by atoms with E-state index >= 15 is 0 Å². The number of nitrogens with zero attached hydrogens (tertiary/aromatic N) is 1. The largest absolute Gasteiger partial charge is 0.365 e.